The highest BCUT2D eigenvalue weighted by Gasteiger charge is 2.40. The van der Waals surface area contributed by atoms with E-state index >= 15 is 0 Å². The molecule has 0 aliphatic heterocycles. The van der Waals surface area contributed by atoms with E-state index in [2.05, 4.69) is 31.1 Å². The van der Waals surface area contributed by atoms with E-state index in [1.807, 2.05) is 13.1 Å². The van der Waals surface area contributed by atoms with Crippen LogP contribution in [0.15, 0.2) is 6.20 Å². The third kappa shape index (κ3) is 3.36. The maximum Gasteiger partial charge on any atom is 0.222 e. The highest BCUT2D eigenvalue weighted by atomic mass is 17.1. The van der Waals surface area contributed by atoms with Crippen molar-refractivity contribution >= 4 is 11.7 Å². The minimum absolute atomic E-state index is 0.141. The standard InChI is InChI=1S/C17H28N2O3/c1-9-6-10(2)14(11(3)7-9)16(22-21)15-12(4)8-18-17(15)19-13(5)20/h8-11,14,16,18,21H,6-7H2,1-5H3,(H,19,20). The average molecular weight is 308 g/mol. The summed E-state index contributed by atoms with van der Waals surface area (Å²) in [5, 5.41) is 12.4. The Morgan fingerprint density at radius 1 is 1.36 bits per heavy atom. The molecule has 0 bridgehead atoms. The molecule has 1 aromatic rings. The fraction of sp³-hybridized carbons (Fsp3) is 0.706. The molecule has 1 heterocycles. The molecule has 124 valence electrons. The minimum Gasteiger partial charge on any atom is -0.348 e. The SMILES string of the molecule is CC(=O)Nc1[nH]cc(C)c1C(OO)C1C(C)CC(C)CC1C. The van der Waals surface area contributed by atoms with E-state index in [-0.39, 0.29) is 11.8 Å². The van der Waals surface area contributed by atoms with Crippen LogP contribution in [0.2, 0.25) is 0 Å². The van der Waals surface area contributed by atoms with E-state index < -0.39 is 6.10 Å². The topological polar surface area (TPSA) is 74.4 Å². The van der Waals surface area contributed by atoms with Crippen LogP contribution in [-0.2, 0) is 9.68 Å². The Hall–Kier alpha value is -1.33. The lowest BCUT2D eigenvalue weighted by Gasteiger charge is -2.41. The number of carbonyl (C=O) groups is 1. The van der Waals surface area contributed by atoms with Gasteiger partial charge in [0.2, 0.25) is 5.91 Å². The van der Waals surface area contributed by atoms with Crippen LogP contribution < -0.4 is 5.32 Å². The van der Waals surface area contributed by atoms with Gasteiger partial charge in [-0.1, -0.05) is 20.8 Å². The molecular formula is C17H28N2O3. The first-order valence-corrected chi connectivity index (χ1v) is 8.10. The van der Waals surface area contributed by atoms with E-state index in [0.717, 1.165) is 24.0 Å². The Labute approximate surface area is 132 Å². The molecule has 0 radical (unpaired) electrons. The van der Waals surface area contributed by atoms with Gasteiger partial charge >= 0.3 is 0 Å². The third-order valence-corrected chi connectivity index (χ3v) is 5.04. The van der Waals surface area contributed by atoms with Gasteiger partial charge in [0.15, 0.2) is 0 Å². The predicted octanol–water partition coefficient (Wildman–Crippen LogP) is 4.13. The summed E-state index contributed by atoms with van der Waals surface area (Å²) in [6.45, 7) is 10.2. The number of rotatable bonds is 4. The molecule has 1 aliphatic carbocycles. The van der Waals surface area contributed by atoms with Crippen molar-refractivity contribution in [1.82, 2.24) is 4.98 Å². The van der Waals surface area contributed by atoms with Crippen molar-refractivity contribution < 1.29 is 14.9 Å². The molecule has 1 aliphatic rings. The molecule has 0 aromatic carbocycles. The van der Waals surface area contributed by atoms with Crippen LogP contribution in [0.25, 0.3) is 0 Å². The van der Waals surface area contributed by atoms with Crippen LogP contribution in [0.4, 0.5) is 5.82 Å². The summed E-state index contributed by atoms with van der Waals surface area (Å²) in [4.78, 5) is 19.4. The summed E-state index contributed by atoms with van der Waals surface area (Å²) >= 11 is 0. The summed E-state index contributed by atoms with van der Waals surface area (Å²) in [7, 11) is 0. The van der Waals surface area contributed by atoms with Gasteiger partial charge in [0.05, 0.1) is 0 Å². The number of aromatic amines is 1. The van der Waals surface area contributed by atoms with Gasteiger partial charge in [0.25, 0.3) is 0 Å². The van der Waals surface area contributed by atoms with Gasteiger partial charge in [-0.2, -0.15) is 0 Å². The summed E-state index contributed by atoms with van der Waals surface area (Å²) < 4.78 is 0. The predicted molar refractivity (Wildman–Crippen MR) is 86.5 cm³/mol. The molecule has 0 saturated heterocycles. The van der Waals surface area contributed by atoms with Gasteiger partial charge in [-0.25, -0.2) is 4.89 Å². The number of anilines is 1. The van der Waals surface area contributed by atoms with Gasteiger partial charge in [-0.15, -0.1) is 0 Å². The largest absolute Gasteiger partial charge is 0.348 e. The van der Waals surface area contributed by atoms with Crippen molar-refractivity contribution in [3.63, 3.8) is 0 Å². The normalized spacial score (nSPS) is 30.1. The first-order chi connectivity index (χ1) is 10.3. The van der Waals surface area contributed by atoms with Crippen molar-refractivity contribution in [1.29, 1.82) is 0 Å². The molecule has 1 aromatic heterocycles. The second-order valence-electron chi connectivity index (χ2n) is 7.08. The zero-order valence-electron chi connectivity index (χ0n) is 14.1. The molecular weight excluding hydrogens is 280 g/mol. The maximum absolute atomic E-state index is 11.4. The monoisotopic (exact) mass is 308 g/mol. The highest BCUT2D eigenvalue weighted by molar-refractivity contribution is 5.88. The summed E-state index contributed by atoms with van der Waals surface area (Å²) in [6, 6.07) is 0. The van der Waals surface area contributed by atoms with Gasteiger partial charge in [0.1, 0.15) is 11.9 Å². The lowest BCUT2D eigenvalue weighted by molar-refractivity contribution is -0.303. The number of hydrogen-bond donors (Lipinski definition) is 3. The van der Waals surface area contributed by atoms with Gasteiger partial charge in [-0.05, 0) is 49.0 Å². The van der Waals surface area contributed by atoms with Crippen LogP contribution in [-0.4, -0.2) is 16.1 Å². The molecule has 1 amide bonds. The van der Waals surface area contributed by atoms with E-state index in [4.69, 9.17) is 4.89 Å². The molecule has 0 spiro atoms. The smallest absolute Gasteiger partial charge is 0.222 e. The summed E-state index contributed by atoms with van der Waals surface area (Å²) in [5.41, 5.74) is 1.84. The minimum atomic E-state index is -0.425. The number of aromatic nitrogens is 1. The van der Waals surface area contributed by atoms with Gasteiger partial charge < -0.3 is 10.3 Å². The zero-order valence-corrected chi connectivity index (χ0v) is 14.1. The Morgan fingerprint density at radius 2 is 1.95 bits per heavy atom. The number of carbonyl (C=O) groups excluding carboxylic acids is 1. The fourth-order valence-corrected chi connectivity index (χ4v) is 4.33. The third-order valence-electron chi connectivity index (χ3n) is 5.04. The van der Waals surface area contributed by atoms with Crippen LogP contribution in [0.3, 0.4) is 0 Å². The van der Waals surface area contributed by atoms with Gasteiger partial charge in [0, 0.05) is 18.7 Å². The fourth-order valence-electron chi connectivity index (χ4n) is 4.33. The molecule has 5 heteroatoms. The molecule has 3 atom stereocenters. The van der Waals surface area contributed by atoms with Crippen molar-refractivity contribution in [3.05, 3.63) is 17.3 Å². The van der Waals surface area contributed by atoms with Crippen LogP contribution in [0.1, 0.15) is 57.8 Å². The second kappa shape index (κ2) is 6.84. The Kier molecular flexibility index (Phi) is 5.29. The molecule has 3 unspecified atom stereocenters. The number of nitrogens with one attached hydrogen (secondary N) is 2. The van der Waals surface area contributed by atoms with E-state index in [9.17, 15) is 10.1 Å². The lowest BCUT2D eigenvalue weighted by Crippen LogP contribution is -2.34. The van der Waals surface area contributed by atoms with E-state index in [0.29, 0.717) is 23.6 Å². The lowest BCUT2D eigenvalue weighted by atomic mass is 9.66. The van der Waals surface area contributed by atoms with Gasteiger partial charge in [-0.3, -0.25) is 10.1 Å². The Morgan fingerprint density at radius 3 is 2.45 bits per heavy atom. The molecule has 3 N–H and O–H groups in total. The summed E-state index contributed by atoms with van der Waals surface area (Å²) in [6.07, 6.45) is 3.68. The first-order valence-electron chi connectivity index (χ1n) is 8.10. The van der Waals surface area contributed by atoms with Crippen molar-refractivity contribution in [2.45, 2.75) is 53.6 Å². The number of amides is 1. The number of hydrogen-bond acceptors (Lipinski definition) is 3. The Bertz CT molecular complexity index is 514. The first kappa shape index (κ1) is 17.0. The second-order valence-corrected chi connectivity index (χ2v) is 7.08. The van der Waals surface area contributed by atoms with Crippen molar-refractivity contribution in [2.24, 2.45) is 23.7 Å². The van der Waals surface area contributed by atoms with Crippen molar-refractivity contribution in [3.8, 4) is 0 Å². The van der Waals surface area contributed by atoms with Crippen LogP contribution in [0, 0.1) is 30.6 Å². The average Bonchev–Trinajstić information content (AvgIpc) is 2.74. The van der Waals surface area contributed by atoms with Crippen molar-refractivity contribution in [2.75, 3.05) is 5.32 Å². The summed E-state index contributed by atoms with van der Waals surface area (Å²) in [5.74, 6) is 2.32. The molecule has 2 rings (SSSR count). The van der Waals surface area contributed by atoms with Crippen LogP contribution >= 0.6 is 0 Å². The molecule has 1 saturated carbocycles. The molecule has 1 fully saturated rings. The highest BCUT2D eigenvalue weighted by Crippen LogP contribution is 2.47. The Balaban J connectivity index is 2.35. The molecule has 22 heavy (non-hydrogen) atoms. The van der Waals surface area contributed by atoms with E-state index in [1.165, 1.54) is 6.92 Å². The zero-order chi connectivity index (χ0) is 16.4. The number of H-pyrrole nitrogens is 1. The maximum atomic E-state index is 11.4. The number of aryl methyl sites for hydroxylation is 1. The molecule has 5 nitrogen and oxygen atoms in total. The quantitative estimate of drug-likeness (QED) is 0.578. The van der Waals surface area contributed by atoms with Crippen LogP contribution in [0.5, 0.6) is 0 Å². The van der Waals surface area contributed by atoms with E-state index in [1.54, 1.807) is 0 Å².